The standard InChI is InChI=1S/C27H46O2/c1-17(16-28)8-11-23-18(2)25-24(29-23)15-22-20-10-9-19-7-5-6-13-26(19,3)21(20)12-14-27(22,25)4/h17-25,28H,5-16H2,1-4H3/t17?,18-,19+,20?,21?,22?,23?,24+,25?,26+,27+/m1/s1. The summed E-state index contributed by atoms with van der Waals surface area (Å²) >= 11 is 0. The predicted molar refractivity (Wildman–Crippen MR) is 119 cm³/mol. The molecule has 11 atom stereocenters. The molecular weight excluding hydrogens is 356 g/mol. The molecule has 166 valence electrons. The van der Waals surface area contributed by atoms with Gasteiger partial charge in [0, 0.05) is 6.61 Å². The maximum absolute atomic E-state index is 9.40. The van der Waals surface area contributed by atoms with E-state index < -0.39 is 0 Å². The molecular formula is C27H46O2. The Labute approximate surface area is 179 Å². The Morgan fingerprint density at radius 1 is 1.00 bits per heavy atom. The van der Waals surface area contributed by atoms with Gasteiger partial charge in [0.2, 0.25) is 0 Å². The largest absolute Gasteiger partial charge is 0.396 e. The highest BCUT2D eigenvalue weighted by atomic mass is 16.5. The van der Waals surface area contributed by atoms with Crippen LogP contribution in [0.4, 0.5) is 0 Å². The number of hydrogen-bond acceptors (Lipinski definition) is 2. The van der Waals surface area contributed by atoms with Gasteiger partial charge >= 0.3 is 0 Å². The van der Waals surface area contributed by atoms with Crippen molar-refractivity contribution < 1.29 is 9.84 Å². The highest BCUT2D eigenvalue weighted by molar-refractivity contribution is 5.13. The molecule has 0 radical (unpaired) electrons. The van der Waals surface area contributed by atoms with Gasteiger partial charge in [0.15, 0.2) is 0 Å². The van der Waals surface area contributed by atoms with E-state index in [9.17, 15) is 5.11 Å². The summed E-state index contributed by atoms with van der Waals surface area (Å²) in [5.74, 6) is 5.79. The number of fused-ring (bicyclic) bond motifs is 7. The lowest BCUT2D eigenvalue weighted by Gasteiger charge is -2.60. The molecule has 0 spiro atoms. The average molecular weight is 403 g/mol. The summed E-state index contributed by atoms with van der Waals surface area (Å²) in [6.45, 7) is 10.4. The highest BCUT2D eigenvalue weighted by Gasteiger charge is 2.65. The van der Waals surface area contributed by atoms with Crippen LogP contribution in [0.5, 0.6) is 0 Å². The molecule has 0 aromatic rings. The van der Waals surface area contributed by atoms with Crippen molar-refractivity contribution >= 4 is 0 Å². The molecule has 5 fully saturated rings. The van der Waals surface area contributed by atoms with Crippen LogP contribution in [0.3, 0.4) is 0 Å². The lowest BCUT2D eigenvalue weighted by molar-refractivity contribution is -0.115. The SMILES string of the molecule is CC(CO)CCC1O[C@H]2CC3C4CC[C@@H]5CCCC[C@]5(C)C4CC[C@]3(C)C2[C@@H]1C. The molecule has 4 aliphatic carbocycles. The van der Waals surface area contributed by atoms with Crippen LogP contribution in [-0.2, 0) is 4.74 Å². The van der Waals surface area contributed by atoms with E-state index in [4.69, 9.17) is 4.74 Å². The van der Waals surface area contributed by atoms with E-state index in [0.29, 0.717) is 41.5 Å². The third-order valence-corrected chi connectivity index (χ3v) is 11.4. The van der Waals surface area contributed by atoms with E-state index >= 15 is 0 Å². The second-order valence-corrected chi connectivity index (χ2v) is 12.6. The molecule has 4 saturated carbocycles. The molecule has 5 rings (SSSR count). The molecule has 2 heteroatoms. The van der Waals surface area contributed by atoms with Crippen molar-refractivity contribution in [1.29, 1.82) is 0 Å². The van der Waals surface area contributed by atoms with Crippen LogP contribution in [-0.4, -0.2) is 23.9 Å². The van der Waals surface area contributed by atoms with E-state index in [1.165, 1.54) is 57.8 Å². The number of rotatable bonds is 4. The molecule has 1 N–H and O–H groups in total. The molecule has 0 aromatic carbocycles. The Bertz CT molecular complexity index is 603. The van der Waals surface area contributed by atoms with E-state index in [0.717, 1.165) is 42.4 Å². The van der Waals surface area contributed by atoms with Gasteiger partial charge in [0.1, 0.15) is 0 Å². The van der Waals surface area contributed by atoms with Crippen LogP contribution in [0.25, 0.3) is 0 Å². The molecule has 1 saturated heterocycles. The van der Waals surface area contributed by atoms with Crippen molar-refractivity contribution in [1.82, 2.24) is 0 Å². The fourth-order valence-electron chi connectivity index (χ4n) is 9.85. The average Bonchev–Trinajstić information content (AvgIpc) is 3.19. The molecule has 0 amide bonds. The van der Waals surface area contributed by atoms with Gasteiger partial charge in [-0.2, -0.15) is 0 Å². The minimum atomic E-state index is 0.316. The Kier molecular flexibility index (Phi) is 5.38. The minimum Gasteiger partial charge on any atom is -0.396 e. The quantitative estimate of drug-likeness (QED) is 0.585. The van der Waals surface area contributed by atoms with E-state index in [1.807, 2.05) is 0 Å². The van der Waals surface area contributed by atoms with Gasteiger partial charge in [-0.3, -0.25) is 0 Å². The third kappa shape index (κ3) is 3.09. The van der Waals surface area contributed by atoms with Gasteiger partial charge in [-0.1, -0.05) is 40.5 Å². The summed E-state index contributed by atoms with van der Waals surface area (Å²) < 4.78 is 6.78. The topological polar surface area (TPSA) is 29.5 Å². The molecule has 0 bridgehead atoms. The fraction of sp³-hybridized carbons (Fsp3) is 1.00. The van der Waals surface area contributed by atoms with Crippen molar-refractivity contribution in [3.05, 3.63) is 0 Å². The van der Waals surface area contributed by atoms with E-state index in [-0.39, 0.29) is 0 Å². The molecule has 5 aliphatic rings. The number of ether oxygens (including phenoxy) is 1. The molecule has 29 heavy (non-hydrogen) atoms. The summed E-state index contributed by atoms with van der Waals surface area (Å²) in [5, 5.41) is 9.40. The third-order valence-electron chi connectivity index (χ3n) is 11.4. The maximum Gasteiger partial charge on any atom is 0.0618 e. The summed E-state index contributed by atoms with van der Waals surface area (Å²) in [6, 6.07) is 0. The lowest BCUT2D eigenvalue weighted by Crippen LogP contribution is -2.53. The summed E-state index contributed by atoms with van der Waals surface area (Å²) in [7, 11) is 0. The van der Waals surface area contributed by atoms with Gasteiger partial charge in [-0.25, -0.2) is 0 Å². The van der Waals surface area contributed by atoms with Gasteiger partial charge in [-0.15, -0.1) is 0 Å². The van der Waals surface area contributed by atoms with Gasteiger partial charge in [0.25, 0.3) is 0 Å². The summed E-state index contributed by atoms with van der Waals surface area (Å²) in [6.07, 6.45) is 16.5. The van der Waals surface area contributed by atoms with E-state index in [2.05, 4.69) is 27.7 Å². The van der Waals surface area contributed by atoms with Crippen LogP contribution in [0.1, 0.15) is 98.3 Å². The van der Waals surface area contributed by atoms with Crippen molar-refractivity contribution in [2.75, 3.05) is 6.61 Å². The van der Waals surface area contributed by atoms with Crippen molar-refractivity contribution in [2.45, 2.75) is 111 Å². The first kappa shape index (κ1) is 20.8. The Balaban J connectivity index is 1.33. The fourth-order valence-corrected chi connectivity index (χ4v) is 9.85. The first-order chi connectivity index (χ1) is 13.9. The smallest absolute Gasteiger partial charge is 0.0618 e. The minimum absolute atomic E-state index is 0.316. The van der Waals surface area contributed by atoms with Crippen LogP contribution in [0, 0.1) is 52.3 Å². The Morgan fingerprint density at radius 3 is 2.62 bits per heavy atom. The highest BCUT2D eigenvalue weighted by Crippen LogP contribution is 2.70. The number of aliphatic hydroxyl groups excluding tert-OH is 1. The number of aliphatic hydroxyl groups is 1. The number of hydrogen-bond donors (Lipinski definition) is 1. The summed E-state index contributed by atoms with van der Waals surface area (Å²) in [5.41, 5.74) is 1.16. The first-order valence-electron chi connectivity index (χ1n) is 13.1. The Hall–Kier alpha value is -0.0800. The lowest BCUT2D eigenvalue weighted by atomic mass is 9.44. The van der Waals surface area contributed by atoms with Crippen LogP contribution in [0.2, 0.25) is 0 Å². The second kappa shape index (κ2) is 7.51. The molecule has 0 aromatic heterocycles. The van der Waals surface area contributed by atoms with E-state index in [1.54, 1.807) is 0 Å². The van der Waals surface area contributed by atoms with Crippen LogP contribution < -0.4 is 0 Å². The van der Waals surface area contributed by atoms with Gasteiger partial charge in [0.05, 0.1) is 12.2 Å². The maximum atomic E-state index is 9.40. The van der Waals surface area contributed by atoms with Crippen molar-refractivity contribution in [3.8, 4) is 0 Å². The zero-order valence-corrected chi connectivity index (χ0v) is 19.5. The van der Waals surface area contributed by atoms with Crippen LogP contribution in [0.15, 0.2) is 0 Å². The second-order valence-electron chi connectivity index (χ2n) is 12.6. The first-order valence-corrected chi connectivity index (χ1v) is 13.1. The zero-order chi connectivity index (χ0) is 20.4. The molecule has 2 nitrogen and oxygen atoms in total. The Morgan fingerprint density at radius 2 is 1.83 bits per heavy atom. The van der Waals surface area contributed by atoms with Gasteiger partial charge < -0.3 is 9.84 Å². The monoisotopic (exact) mass is 402 g/mol. The summed E-state index contributed by atoms with van der Waals surface area (Å²) in [4.78, 5) is 0. The van der Waals surface area contributed by atoms with Gasteiger partial charge in [-0.05, 0) is 110 Å². The van der Waals surface area contributed by atoms with Crippen LogP contribution >= 0.6 is 0 Å². The molecule has 1 heterocycles. The predicted octanol–water partition coefficient (Wildman–Crippen LogP) is 6.46. The molecule has 6 unspecified atom stereocenters. The zero-order valence-electron chi connectivity index (χ0n) is 19.5. The van der Waals surface area contributed by atoms with Crippen molar-refractivity contribution in [3.63, 3.8) is 0 Å². The normalized spacial score (nSPS) is 54.9. The molecule has 1 aliphatic heterocycles. The van der Waals surface area contributed by atoms with Crippen molar-refractivity contribution in [2.24, 2.45) is 52.3 Å².